The molecule has 2 aromatic carbocycles. The molecule has 2 aliphatic heterocycles. The average Bonchev–Trinajstić information content (AvgIpc) is 3.49. The van der Waals surface area contributed by atoms with Crippen molar-refractivity contribution in [3.05, 3.63) is 94.9 Å². The molecule has 0 bridgehead atoms. The summed E-state index contributed by atoms with van der Waals surface area (Å²) in [5, 5.41) is 0. The Morgan fingerprint density at radius 1 is 0.912 bits per heavy atom. The average molecular weight is 458 g/mol. The number of benzene rings is 2. The number of carbonyl (C=O) groups excluding carboxylic acids is 4. The summed E-state index contributed by atoms with van der Waals surface area (Å²) in [5.74, 6) is -1.44. The topological polar surface area (TPSA) is 97.1 Å². The van der Waals surface area contributed by atoms with Crippen LogP contribution in [0.2, 0.25) is 0 Å². The molecule has 2 aliphatic rings. The fourth-order valence-electron chi connectivity index (χ4n) is 4.42. The largest absolute Gasteiger partial charge is 0.464 e. The molecule has 0 saturated heterocycles. The van der Waals surface area contributed by atoms with Crippen LogP contribution in [0.3, 0.4) is 0 Å². The van der Waals surface area contributed by atoms with Gasteiger partial charge in [0, 0.05) is 19.5 Å². The summed E-state index contributed by atoms with van der Waals surface area (Å²) >= 11 is 0. The van der Waals surface area contributed by atoms with Crippen molar-refractivity contribution in [3.8, 4) is 0 Å². The third-order valence-electron chi connectivity index (χ3n) is 6.16. The van der Waals surface area contributed by atoms with Crippen molar-refractivity contribution < 1.29 is 28.3 Å². The maximum atomic E-state index is 13.0. The first-order chi connectivity index (χ1) is 16.5. The van der Waals surface area contributed by atoms with E-state index >= 15 is 0 Å². The smallest absolute Gasteiger partial charge is 0.329 e. The van der Waals surface area contributed by atoms with Gasteiger partial charge in [-0.15, -0.1) is 0 Å². The van der Waals surface area contributed by atoms with Gasteiger partial charge in [-0.3, -0.25) is 19.3 Å². The van der Waals surface area contributed by atoms with Crippen molar-refractivity contribution in [2.75, 3.05) is 13.2 Å². The lowest BCUT2D eigenvalue weighted by Gasteiger charge is -2.34. The minimum absolute atomic E-state index is 0.0210. The van der Waals surface area contributed by atoms with Gasteiger partial charge in [-0.1, -0.05) is 36.4 Å². The highest BCUT2D eigenvalue weighted by Gasteiger charge is 2.37. The Bertz CT molecular complexity index is 1230. The van der Waals surface area contributed by atoms with E-state index in [1.54, 1.807) is 36.4 Å². The highest BCUT2D eigenvalue weighted by Crippen LogP contribution is 2.26. The van der Waals surface area contributed by atoms with Crippen LogP contribution in [0.15, 0.2) is 71.3 Å². The third-order valence-corrected chi connectivity index (χ3v) is 6.16. The van der Waals surface area contributed by atoms with E-state index in [-0.39, 0.29) is 43.2 Å². The molecule has 0 fully saturated rings. The molecule has 5 rings (SSSR count). The number of furan rings is 1. The highest BCUT2D eigenvalue weighted by atomic mass is 16.5. The Labute approximate surface area is 195 Å². The van der Waals surface area contributed by atoms with Gasteiger partial charge in [-0.25, -0.2) is 4.79 Å². The van der Waals surface area contributed by atoms with Crippen LogP contribution in [-0.2, 0) is 22.5 Å². The van der Waals surface area contributed by atoms with Crippen LogP contribution in [0.1, 0.15) is 48.8 Å². The van der Waals surface area contributed by atoms with Crippen LogP contribution >= 0.6 is 0 Å². The van der Waals surface area contributed by atoms with Gasteiger partial charge in [0.1, 0.15) is 6.04 Å². The lowest BCUT2D eigenvalue weighted by atomic mass is 9.93. The molecule has 1 unspecified atom stereocenters. The molecule has 1 atom stereocenters. The Morgan fingerprint density at radius 3 is 2.26 bits per heavy atom. The summed E-state index contributed by atoms with van der Waals surface area (Å²) in [6.07, 6.45) is 2.05. The van der Waals surface area contributed by atoms with Gasteiger partial charge >= 0.3 is 5.97 Å². The zero-order chi connectivity index (χ0) is 23.7. The highest BCUT2D eigenvalue weighted by molar-refractivity contribution is 6.21. The van der Waals surface area contributed by atoms with Crippen LogP contribution in [0, 0.1) is 0 Å². The molecular weight excluding hydrogens is 436 g/mol. The molecule has 3 heterocycles. The van der Waals surface area contributed by atoms with Crippen molar-refractivity contribution in [1.29, 1.82) is 0 Å². The van der Waals surface area contributed by atoms with E-state index < -0.39 is 12.0 Å². The zero-order valence-electron chi connectivity index (χ0n) is 18.3. The fraction of sp³-hybridized carbons (Fsp3) is 0.231. The molecule has 0 N–H and O–H groups in total. The predicted octanol–water partition coefficient (Wildman–Crippen LogP) is 3.08. The molecule has 3 aromatic rings. The normalized spacial score (nSPS) is 16.9. The summed E-state index contributed by atoms with van der Waals surface area (Å²) < 4.78 is 10.7. The first-order valence-corrected chi connectivity index (χ1v) is 11.1. The van der Waals surface area contributed by atoms with Crippen LogP contribution in [0.4, 0.5) is 0 Å². The van der Waals surface area contributed by atoms with Crippen LogP contribution in [0.25, 0.3) is 0 Å². The quantitative estimate of drug-likeness (QED) is 0.320. The second-order valence-electron chi connectivity index (χ2n) is 8.23. The fourth-order valence-corrected chi connectivity index (χ4v) is 4.42. The van der Waals surface area contributed by atoms with Gasteiger partial charge < -0.3 is 14.1 Å². The van der Waals surface area contributed by atoms with Crippen LogP contribution in [0.5, 0.6) is 0 Å². The Hall–Kier alpha value is -4.20. The van der Waals surface area contributed by atoms with Crippen LogP contribution < -0.4 is 0 Å². The second kappa shape index (κ2) is 8.97. The number of hydrogen-bond acceptors (Lipinski definition) is 6. The molecule has 0 spiro atoms. The van der Waals surface area contributed by atoms with Crippen molar-refractivity contribution >= 4 is 23.7 Å². The summed E-state index contributed by atoms with van der Waals surface area (Å²) in [6, 6.07) is 16.7. The molecule has 34 heavy (non-hydrogen) atoms. The van der Waals surface area contributed by atoms with Crippen LogP contribution in [-0.4, -0.2) is 52.7 Å². The summed E-state index contributed by atoms with van der Waals surface area (Å²) in [4.78, 5) is 53.6. The van der Waals surface area contributed by atoms with Crippen molar-refractivity contribution in [3.63, 3.8) is 0 Å². The molecule has 3 amide bonds. The minimum Gasteiger partial charge on any atom is -0.464 e. The molecule has 0 aliphatic carbocycles. The second-order valence-corrected chi connectivity index (χ2v) is 8.23. The first-order valence-electron chi connectivity index (χ1n) is 11.1. The van der Waals surface area contributed by atoms with Crippen molar-refractivity contribution in [2.24, 2.45) is 0 Å². The maximum absolute atomic E-state index is 13.0. The monoisotopic (exact) mass is 458 g/mol. The van der Waals surface area contributed by atoms with Gasteiger partial charge in [0.2, 0.25) is 0 Å². The number of rotatable bonds is 6. The van der Waals surface area contributed by atoms with E-state index in [0.29, 0.717) is 24.0 Å². The zero-order valence-corrected chi connectivity index (χ0v) is 18.3. The third kappa shape index (κ3) is 3.87. The molecule has 1 aromatic heterocycles. The molecule has 0 radical (unpaired) electrons. The van der Waals surface area contributed by atoms with E-state index in [9.17, 15) is 19.2 Å². The number of imide groups is 1. The Morgan fingerprint density at radius 2 is 1.59 bits per heavy atom. The number of ether oxygens (including phenoxy) is 1. The standard InChI is InChI=1S/C26H22N2O6/c29-23-19-9-3-4-10-20(19)24(30)27(23)12-6-14-34-26(32)21-15-17-7-1-2-8-18(17)16-28(21)25(31)22-11-5-13-33-22/h1-5,7-11,13,21H,6,12,14-16H2. The van der Waals surface area contributed by atoms with Gasteiger partial charge in [0.25, 0.3) is 17.7 Å². The molecule has 8 nitrogen and oxygen atoms in total. The van der Waals surface area contributed by atoms with E-state index in [0.717, 1.165) is 11.1 Å². The molecule has 8 heteroatoms. The van der Waals surface area contributed by atoms with Gasteiger partial charge in [-0.2, -0.15) is 0 Å². The Balaban J connectivity index is 1.23. The SMILES string of the molecule is O=C(OCCCN1C(=O)c2ccccc2C1=O)C1Cc2ccccc2CN1C(=O)c1ccco1. The molecule has 0 saturated carbocycles. The number of amides is 3. The lowest BCUT2D eigenvalue weighted by molar-refractivity contribution is -0.149. The Kier molecular flexibility index (Phi) is 5.71. The van der Waals surface area contributed by atoms with E-state index in [1.165, 1.54) is 16.1 Å². The van der Waals surface area contributed by atoms with E-state index in [4.69, 9.17) is 9.15 Å². The van der Waals surface area contributed by atoms with Crippen molar-refractivity contribution in [1.82, 2.24) is 9.80 Å². The van der Waals surface area contributed by atoms with E-state index in [1.807, 2.05) is 24.3 Å². The molecule has 172 valence electrons. The number of nitrogens with zero attached hydrogens (tertiary/aromatic N) is 2. The maximum Gasteiger partial charge on any atom is 0.329 e. The predicted molar refractivity (Wildman–Crippen MR) is 120 cm³/mol. The molecular formula is C26H22N2O6. The number of carbonyl (C=O) groups is 4. The van der Waals surface area contributed by atoms with Gasteiger partial charge in [-0.05, 0) is 41.8 Å². The number of hydrogen-bond donors (Lipinski definition) is 0. The first kappa shape index (κ1) is 21.6. The van der Waals surface area contributed by atoms with Crippen molar-refractivity contribution in [2.45, 2.75) is 25.4 Å². The van der Waals surface area contributed by atoms with Gasteiger partial charge in [0.15, 0.2) is 5.76 Å². The summed E-state index contributed by atoms with van der Waals surface area (Å²) in [6.45, 7) is 0.430. The van der Waals surface area contributed by atoms with E-state index in [2.05, 4.69) is 0 Å². The number of fused-ring (bicyclic) bond motifs is 2. The summed E-state index contributed by atoms with van der Waals surface area (Å²) in [7, 11) is 0. The summed E-state index contributed by atoms with van der Waals surface area (Å²) in [5.41, 5.74) is 2.73. The lowest BCUT2D eigenvalue weighted by Crippen LogP contribution is -2.49. The minimum atomic E-state index is -0.799. The number of esters is 1. The van der Waals surface area contributed by atoms with Gasteiger partial charge in [0.05, 0.1) is 24.0 Å².